The van der Waals surface area contributed by atoms with Gasteiger partial charge in [-0.15, -0.1) is 0 Å². The number of nitrogens with zero attached hydrogens (tertiary/aromatic N) is 1. The average Bonchev–Trinajstić information content (AvgIpc) is 3.19. The van der Waals surface area contributed by atoms with E-state index in [9.17, 15) is 4.79 Å². The smallest absolute Gasteiger partial charge is 0.322 e. The molecule has 2 N–H and O–H groups in total. The van der Waals surface area contributed by atoms with Crippen LogP contribution in [0.5, 0.6) is 5.75 Å². The third-order valence-corrected chi connectivity index (χ3v) is 6.07. The quantitative estimate of drug-likeness (QED) is 0.417. The van der Waals surface area contributed by atoms with Crippen molar-refractivity contribution in [3.05, 3.63) is 94.6 Å². The number of anilines is 1. The van der Waals surface area contributed by atoms with E-state index < -0.39 is 0 Å². The number of para-hydroxylation sites is 1. The first kappa shape index (κ1) is 19.5. The molecule has 0 spiro atoms. The van der Waals surface area contributed by atoms with Crippen LogP contribution in [0, 0.1) is 0 Å². The molecule has 0 unspecified atom stereocenters. The summed E-state index contributed by atoms with van der Waals surface area (Å²) in [6, 6.07) is 23.0. The van der Waals surface area contributed by atoms with Gasteiger partial charge in [0.15, 0.2) is 0 Å². The van der Waals surface area contributed by atoms with Gasteiger partial charge in [-0.2, -0.15) is 0 Å². The molecule has 2 heterocycles. The molecule has 4 aromatic rings. The summed E-state index contributed by atoms with van der Waals surface area (Å²) in [4.78, 5) is 18.8. The van der Waals surface area contributed by atoms with Gasteiger partial charge in [-0.3, -0.25) is 0 Å². The van der Waals surface area contributed by atoms with E-state index in [1.165, 1.54) is 10.9 Å². The maximum atomic E-state index is 13.3. The zero-order valence-corrected chi connectivity index (χ0v) is 17.8. The first-order valence-corrected chi connectivity index (χ1v) is 10.6. The number of hydrogen-bond donors (Lipinski definition) is 2. The van der Waals surface area contributed by atoms with Crippen LogP contribution in [0.3, 0.4) is 0 Å². The Hall–Kier alpha value is -3.44. The Labute approximate surface area is 185 Å². The molecular formula is C25H22ClN3O2. The highest BCUT2D eigenvalue weighted by Crippen LogP contribution is 2.39. The van der Waals surface area contributed by atoms with Crippen molar-refractivity contribution in [2.45, 2.75) is 12.5 Å². The number of carbonyl (C=O) groups excluding carboxylic acids is 1. The largest absolute Gasteiger partial charge is 0.497 e. The lowest BCUT2D eigenvalue weighted by Crippen LogP contribution is -2.43. The molecule has 0 saturated heterocycles. The molecule has 3 aromatic carbocycles. The van der Waals surface area contributed by atoms with Gasteiger partial charge in [0.25, 0.3) is 0 Å². The molecule has 0 radical (unpaired) electrons. The fourth-order valence-electron chi connectivity index (χ4n) is 4.32. The number of carbonyl (C=O) groups is 1. The Balaban J connectivity index is 1.56. The number of fused-ring (bicyclic) bond motifs is 3. The Morgan fingerprint density at radius 2 is 1.81 bits per heavy atom. The molecule has 1 aliphatic heterocycles. The van der Waals surface area contributed by atoms with Crippen LogP contribution in [0.15, 0.2) is 72.8 Å². The first-order chi connectivity index (χ1) is 15.1. The van der Waals surface area contributed by atoms with E-state index in [0.29, 0.717) is 17.3 Å². The molecule has 0 saturated carbocycles. The number of methoxy groups -OCH3 is 1. The minimum absolute atomic E-state index is 0.146. The zero-order chi connectivity index (χ0) is 21.4. The van der Waals surface area contributed by atoms with Crippen LogP contribution in [0.25, 0.3) is 10.9 Å². The molecule has 156 valence electrons. The van der Waals surface area contributed by atoms with Crippen molar-refractivity contribution in [3.8, 4) is 5.75 Å². The van der Waals surface area contributed by atoms with Gasteiger partial charge in [-0.05, 0) is 60.0 Å². The van der Waals surface area contributed by atoms with Crippen molar-refractivity contribution >= 4 is 34.2 Å². The van der Waals surface area contributed by atoms with Gasteiger partial charge in [-0.25, -0.2) is 4.79 Å². The number of rotatable bonds is 3. The highest BCUT2D eigenvalue weighted by molar-refractivity contribution is 6.30. The standard InChI is InChI=1S/C25H22ClN3O2/c1-31-19-12-6-16(7-13-19)24-23-21(20-4-2-3-5-22(20)28-23)14-15-29(24)25(30)27-18-10-8-17(26)9-11-18/h2-13,24,28H,14-15H2,1H3,(H,27,30)/t24-/m1/s1. The minimum Gasteiger partial charge on any atom is -0.497 e. The predicted octanol–water partition coefficient (Wildman–Crippen LogP) is 6.01. The fourth-order valence-corrected chi connectivity index (χ4v) is 4.45. The van der Waals surface area contributed by atoms with E-state index in [4.69, 9.17) is 16.3 Å². The second-order valence-corrected chi connectivity index (χ2v) is 8.06. The second kappa shape index (κ2) is 8.00. The van der Waals surface area contributed by atoms with Crippen molar-refractivity contribution in [3.63, 3.8) is 0 Å². The number of benzene rings is 3. The Morgan fingerprint density at radius 1 is 1.06 bits per heavy atom. The highest BCUT2D eigenvalue weighted by Gasteiger charge is 2.34. The monoisotopic (exact) mass is 431 g/mol. The maximum absolute atomic E-state index is 13.3. The Kier molecular flexibility index (Phi) is 5.04. The number of nitrogens with one attached hydrogen (secondary N) is 2. The first-order valence-electron chi connectivity index (χ1n) is 10.2. The number of urea groups is 1. The molecule has 1 atom stereocenters. The summed E-state index contributed by atoms with van der Waals surface area (Å²) >= 11 is 5.98. The van der Waals surface area contributed by atoms with Crippen molar-refractivity contribution in [2.75, 3.05) is 19.0 Å². The van der Waals surface area contributed by atoms with E-state index in [2.05, 4.69) is 28.5 Å². The average molecular weight is 432 g/mol. The summed E-state index contributed by atoms with van der Waals surface area (Å²) in [6.45, 7) is 0.616. The summed E-state index contributed by atoms with van der Waals surface area (Å²) in [5, 5.41) is 4.87. The van der Waals surface area contributed by atoms with Crippen LogP contribution in [-0.2, 0) is 6.42 Å². The minimum atomic E-state index is -0.227. The zero-order valence-electron chi connectivity index (χ0n) is 17.1. The van der Waals surface area contributed by atoms with E-state index in [0.717, 1.165) is 28.9 Å². The van der Waals surface area contributed by atoms with E-state index in [-0.39, 0.29) is 12.1 Å². The number of amides is 2. The predicted molar refractivity (Wildman–Crippen MR) is 124 cm³/mol. The molecule has 2 amide bonds. The lowest BCUT2D eigenvalue weighted by molar-refractivity contribution is 0.193. The van der Waals surface area contributed by atoms with E-state index in [1.807, 2.05) is 35.2 Å². The number of aromatic amines is 1. The topological polar surface area (TPSA) is 57.4 Å². The molecular weight excluding hydrogens is 410 g/mol. The SMILES string of the molecule is COc1ccc([C@@H]2c3[nH]c4ccccc4c3CCN2C(=O)Nc2ccc(Cl)cc2)cc1. The molecule has 0 aliphatic carbocycles. The molecule has 31 heavy (non-hydrogen) atoms. The number of ether oxygens (including phenoxy) is 1. The Morgan fingerprint density at radius 3 is 2.55 bits per heavy atom. The van der Waals surface area contributed by atoms with Crippen molar-refractivity contribution in [1.29, 1.82) is 0 Å². The molecule has 0 bridgehead atoms. The van der Waals surface area contributed by atoms with Crippen LogP contribution in [-0.4, -0.2) is 29.6 Å². The van der Waals surface area contributed by atoms with Gasteiger partial charge in [0.2, 0.25) is 0 Å². The summed E-state index contributed by atoms with van der Waals surface area (Å²) in [5.74, 6) is 0.786. The molecule has 5 nitrogen and oxygen atoms in total. The van der Waals surface area contributed by atoms with Crippen molar-refractivity contribution in [1.82, 2.24) is 9.88 Å². The van der Waals surface area contributed by atoms with E-state index >= 15 is 0 Å². The van der Waals surface area contributed by atoms with Crippen LogP contribution < -0.4 is 10.1 Å². The van der Waals surface area contributed by atoms with Gasteiger partial charge in [0, 0.05) is 33.9 Å². The summed E-state index contributed by atoms with van der Waals surface area (Å²) < 4.78 is 5.33. The van der Waals surface area contributed by atoms with Crippen LogP contribution >= 0.6 is 11.6 Å². The molecule has 1 aromatic heterocycles. The van der Waals surface area contributed by atoms with Gasteiger partial charge >= 0.3 is 6.03 Å². The maximum Gasteiger partial charge on any atom is 0.322 e. The van der Waals surface area contributed by atoms with Crippen LogP contribution in [0.2, 0.25) is 5.02 Å². The van der Waals surface area contributed by atoms with Crippen LogP contribution in [0.4, 0.5) is 10.5 Å². The molecule has 0 fully saturated rings. The number of halogens is 1. The van der Waals surface area contributed by atoms with Gasteiger partial charge in [0.1, 0.15) is 5.75 Å². The third kappa shape index (κ3) is 3.62. The molecule has 1 aliphatic rings. The summed E-state index contributed by atoms with van der Waals surface area (Å²) in [5.41, 5.74) is 5.16. The van der Waals surface area contributed by atoms with Crippen molar-refractivity contribution in [2.24, 2.45) is 0 Å². The number of aromatic nitrogens is 1. The van der Waals surface area contributed by atoms with Gasteiger partial charge < -0.3 is 19.9 Å². The van der Waals surface area contributed by atoms with Crippen molar-refractivity contribution < 1.29 is 9.53 Å². The highest BCUT2D eigenvalue weighted by atomic mass is 35.5. The molecule has 6 heteroatoms. The fraction of sp³-hybridized carbons (Fsp3) is 0.160. The Bertz CT molecular complexity index is 1230. The summed E-state index contributed by atoms with van der Waals surface area (Å²) in [7, 11) is 1.65. The lowest BCUT2D eigenvalue weighted by atomic mass is 9.92. The number of hydrogen-bond acceptors (Lipinski definition) is 2. The van der Waals surface area contributed by atoms with Gasteiger partial charge in [-0.1, -0.05) is 41.9 Å². The lowest BCUT2D eigenvalue weighted by Gasteiger charge is -2.36. The van der Waals surface area contributed by atoms with Gasteiger partial charge in [0.05, 0.1) is 13.2 Å². The normalized spacial score (nSPS) is 15.5. The van der Waals surface area contributed by atoms with Crippen LogP contribution in [0.1, 0.15) is 22.9 Å². The summed E-state index contributed by atoms with van der Waals surface area (Å²) in [6.07, 6.45) is 0.792. The second-order valence-electron chi connectivity index (χ2n) is 7.62. The third-order valence-electron chi connectivity index (χ3n) is 5.82. The molecule has 5 rings (SSSR count). The van der Waals surface area contributed by atoms with E-state index in [1.54, 1.807) is 31.4 Å². The number of H-pyrrole nitrogens is 1.